The van der Waals surface area contributed by atoms with Crippen LogP contribution in [-0.4, -0.2) is 40.8 Å². The minimum atomic E-state index is -0.312. The molecule has 3 rings (SSSR count). The largest absolute Gasteiger partial charge is 0.492 e. The van der Waals surface area contributed by atoms with E-state index < -0.39 is 0 Å². The molecule has 0 unspecified atom stereocenters. The van der Waals surface area contributed by atoms with Crippen molar-refractivity contribution in [3.05, 3.63) is 76.3 Å². The zero-order valence-corrected chi connectivity index (χ0v) is 16.6. The van der Waals surface area contributed by atoms with Gasteiger partial charge in [-0.15, -0.1) is 0 Å². The van der Waals surface area contributed by atoms with Crippen LogP contribution in [-0.2, 0) is 0 Å². The first-order valence-corrected chi connectivity index (χ1v) is 9.19. The van der Waals surface area contributed by atoms with Crippen molar-refractivity contribution in [2.75, 3.05) is 20.2 Å². The van der Waals surface area contributed by atoms with Gasteiger partial charge in [0.15, 0.2) is 0 Å². The van der Waals surface area contributed by atoms with Crippen molar-refractivity contribution >= 4 is 21.8 Å². The van der Waals surface area contributed by atoms with E-state index in [0.717, 1.165) is 15.9 Å². The van der Waals surface area contributed by atoms with Crippen LogP contribution in [0.3, 0.4) is 0 Å². The second-order valence-electron chi connectivity index (χ2n) is 6.06. The Balaban J connectivity index is 1.63. The van der Waals surface area contributed by atoms with Crippen LogP contribution >= 0.6 is 15.9 Å². The molecule has 0 saturated heterocycles. The van der Waals surface area contributed by atoms with Gasteiger partial charge in [-0.05, 0) is 55.5 Å². The van der Waals surface area contributed by atoms with Gasteiger partial charge in [0.25, 0.3) is 5.91 Å². The van der Waals surface area contributed by atoms with E-state index in [2.05, 4.69) is 21.0 Å². The van der Waals surface area contributed by atoms with E-state index in [1.165, 1.54) is 12.1 Å². The van der Waals surface area contributed by atoms with Crippen LogP contribution < -0.4 is 4.74 Å². The van der Waals surface area contributed by atoms with E-state index in [0.29, 0.717) is 24.5 Å². The van der Waals surface area contributed by atoms with Crippen molar-refractivity contribution in [3.63, 3.8) is 0 Å². The van der Waals surface area contributed by atoms with Gasteiger partial charge in [0.1, 0.15) is 18.2 Å². The maximum atomic E-state index is 12.9. The Labute approximate surface area is 165 Å². The van der Waals surface area contributed by atoms with Crippen molar-refractivity contribution in [1.82, 2.24) is 14.7 Å². The Morgan fingerprint density at radius 3 is 2.52 bits per heavy atom. The summed E-state index contributed by atoms with van der Waals surface area (Å²) >= 11 is 3.41. The summed E-state index contributed by atoms with van der Waals surface area (Å²) in [5.41, 5.74) is 2.20. The first-order chi connectivity index (χ1) is 13.0. The first kappa shape index (κ1) is 19.1. The number of hydrogen-bond donors (Lipinski definition) is 0. The SMILES string of the molecule is Cc1c(C(=O)N(C)CCOc2ccc(F)cc2)cnn1-c1ccc(Br)cc1. The molecule has 2 aromatic carbocycles. The molecule has 0 aliphatic carbocycles. The fraction of sp³-hybridized carbons (Fsp3) is 0.200. The third kappa shape index (κ3) is 4.54. The molecule has 3 aromatic rings. The van der Waals surface area contributed by atoms with Crippen LogP contribution in [0.15, 0.2) is 59.2 Å². The molecule has 0 spiro atoms. The monoisotopic (exact) mass is 431 g/mol. The molecule has 0 bridgehead atoms. The summed E-state index contributed by atoms with van der Waals surface area (Å²) in [6.45, 7) is 2.58. The van der Waals surface area contributed by atoms with Crippen LogP contribution in [0.4, 0.5) is 4.39 Å². The summed E-state index contributed by atoms with van der Waals surface area (Å²) in [5, 5.41) is 4.34. The van der Waals surface area contributed by atoms with Crippen LogP contribution in [0.1, 0.15) is 16.1 Å². The zero-order chi connectivity index (χ0) is 19.4. The molecule has 0 aliphatic rings. The van der Waals surface area contributed by atoms with Crippen LogP contribution in [0.2, 0.25) is 0 Å². The molecule has 0 atom stereocenters. The van der Waals surface area contributed by atoms with Gasteiger partial charge in [-0.1, -0.05) is 15.9 Å². The van der Waals surface area contributed by atoms with Crippen molar-refractivity contribution in [2.45, 2.75) is 6.92 Å². The molecule has 140 valence electrons. The summed E-state index contributed by atoms with van der Waals surface area (Å²) in [4.78, 5) is 14.3. The zero-order valence-electron chi connectivity index (χ0n) is 15.0. The average Bonchev–Trinajstić information content (AvgIpc) is 3.04. The number of hydrogen-bond acceptors (Lipinski definition) is 3. The molecule has 0 radical (unpaired) electrons. The molecule has 1 heterocycles. The van der Waals surface area contributed by atoms with Gasteiger partial charge in [0, 0.05) is 11.5 Å². The minimum absolute atomic E-state index is 0.126. The fourth-order valence-corrected chi connectivity index (χ4v) is 2.86. The molecule has 1 aromatic heterocycles. The quantitative estimate of drug-likeness (QED) is 0.586. The van der Waals surface area contributed by atoms with E-state index >= 15 is 0 Å². The number of ether oxygens (including phenoxy) is 1. The maximum absolute atomic E-state index is 12.9. The van der Waals surface area contributed by atoms with Crippen molar-refractivity contribution in [1.29, 1.82) is 0 Å². The van der Waals surface area contributed by atoms with Crippen LogP contribution in [0.5, 0.6) is 5.75 Å². The number of carbonyl (C=O) groups is 1. The normalized spacial score (nSPS) is 10.7. The van der Waals surface area contributed by atoms with E-state index in [4.69, 9.17) is 4.74 Å². The molecular formula is C20H19BrFN3O2. The number of rotatable bonds is 6. The predicted octanol–water partition coefficient (Wildman–Crippen LogP) is 4.23. The Morgan fingerprint density at radius 2 is 1.85 bits per heavy atom. The molecule has 0 fully saturated rings. The number of halogens is 2. The minimum Gasteiger partial charge on any atom is -0.492 e. The van der Waals surface area contributed by atoms with Crippen molar-refractivity contribution in [3.8, 4) is 11.4 Å². The molecule has 0 aliphatic heterocycles. The Kier molecular flexibility index (Phi) is 5.91. The van der Waals surface area contributed by atoms with Gasteiger partial charge >= 0.3 is 0 Å². The van der Waals surface area contributed by atoms with E-state index in [-0.39, 0.29) is 11.7 Å². The summed E-state index contributed by atoms with van der Waals surface area (Å²) in [6, 6.07) is 13.5. The molecule has 0 N–H and O–H groups in total. The smallest absolute Gasteiger partial charge is 0.257 e. The lowest BCUT2D eigenvalue weighted by Gasteiger charge is -2.17. The molecule has 7 heteroatoms. The molecule has 0 saturated carbocycles. The predicted molar refractivity (Wildman–Crippen MR) is 105 cm³/mol. The standard InChI is InChI=1S/C20H19BrFN3O2/c1-14-19(13-23-25(14)17-7-3-15(21)4-8-17)20(26)24(2)11-12-27-18-9-5-16(22)6-10-18/h3-10,13H,11-12H2,1-2H3. The van der Waals surface area contributed by atoms with E-state index in [1.54, 1.807) is 35.0 Å². The highest BCUT2D eigenvalue weighted by Crippen LogP contribution is 2.18. The van der Waals surface area contributed by atoms with Crippen molar-refractivity contribution < 1.29 is 13.9 Å². The number of nitrogens with zero attached hydrogens (tertiary/aromatic N) is 3. The van der Waals surface area contributed by atoms with Crippen LogP contribution in [0, 0.1) is 12.7 Å². The number of amides is 1. The highest BCUT2D eigenvalue weighted by Gasteiger charge is 2.18. The van der Waals surface area contributed by atoms with Crippen molar-refractivity contribution in [2.24, 2.45) is 0 Å². The van der Waals surface area contributed by atoms with Gasteiger partial charge in [-0.3, -0.25) is 4.79 Å². The first-order valence-electron chi connectivity index (χ1n) is 8.40. The molecular weight excluding hydrogens is 413 g/mol. The topological polar surface area (TPSA) is 47.4 Å². The molecule has 5 nitrogen and oxygen atoms in total. The number of aromatic nitrogens is 2. The molecule has 27 heavy (non-hydrogen) atoms. The highest BCUT2D eigenvalue weighted by atomic mass is 79.9. The Morgan fingerprint density at radius 1 is 1.19 bits per heavy atom. The number of carbonyl (C=O) groups excluding carboxylic acids is 1. The van der Waals surface area contributed by atoms with E-state index in [9.17, 15) is 9.18 Å². The van der Waals surface area contributed by atoms with E-state index in [1.807, 2.05) is 31.2 Å². The maximum Gasteiger partial charge on any atom is 0.257 e. The summed E-state index contributed by atoms with van der Waals surface area (Å²) in [7, 11) is 1.72. The van der Waals surface area contributed by atoms with Crippen LogP contribution in [0.25, 0.3) is 5.69 Å². The second kappa shape index (κ2) is 8.35. The van der Waals surface area contributed by atoms with Gasteiger partial charge in [-0.2, -0.15) is 5.10 Å². The number of likely N-dealkylation sites (N-methyl/N-ethyl adjacent to an activating group) is 1. The second-order valence-corrected chi connectivity index (χ2v) is 6.98. The van der Waals surface area contributed by atoms with Gasteiger partial charge in [0.2, 0.25) is 0 Å². The third-order valence-corrected chi connectivity index (χ3v) is 4.70. The summed E-state index contributed by atoms with van der Waals surface area (Å²) < 4.78 is 21.2. The fourth-order valence-electron chi connectivity index (χ4n) is 2.60. The van der Waals surface area contributed by atoms with Gasteiger partial charge in [-0.25, -0.2) is 9.07 Å². The molecule has 1 amide bonds. The van der Waals surface area contributed by atoms with Gasteiger partial charge in [0.05, 0.1) is 29.7 Å². The lowest BCUT2D eigenvalue weighted by Crippen LogP contribution is -2.31. The lowest BCUT2D eigenvalue weighted by atomic mass is 10.2. The Hall–Kier alpha value is -2.67. The highest BCUT2D eigenvalue weighted by molar-refractivity contribution is 9.10. The third-order valence-electron chi connectivity index (χ3n) is 4.17. The van der Waals surface area contributed by atoms with Gasteiger partial charge < -0.3 is 9.64 Å². The summed E-state index contributed by atoms with van der Waals surface area (Å²) in [5.74, 6) is 0.128. The number of benzene rings is 2. The lowest BCUT2D eigenvalue weighted by molar-refractivity contribution is 0.0773. The average molecular weight is 432 g/mol. The summed E-state index contributed by atoms with van der Waals surface area (Å²) in [6.07, 6.45) is 1.58. The Bertz CT molecular complexity index is 923.